The maximum atomic E-state index is 12.6. The molecule has 108 valence electrons. The maximum absolute atomic E-state index is 12.6. The van der Waals surface area contributed by atoms with E-state index in [2.05, 4.69) is 21.2 Å². The van der Waals surface area contributed by atoms with Gasteiger partial charge in [0, 0.05) is 23.6 Å². The summed E-state index contributed by atoms with van der Waals surface area (Å²) in [6.45, 7) is 3.95. The normalized spacial score (nSPS) is 20.9. The summed E-state index contributed by atoms with van der Waals surface area (Å²) < 4.78 is 27.8. The summed E-state index contributed by atoms with van der Waals surface area (Å²) in [5.74, 6) is 0. The van der Waals surface area contributed by atoms with E-state index in [1.807, 2.05) is 6.92 Å². The third kappa shape index (κ3) is 3.58. The molecule has 1 saturated heterocycles. The highest BCUT2D eigenvalue weighted by Crippen LogP contribution is 2.30. The molecule has 1 unspecified atom stereocenters. The first kappa shape index (κ1) is 15.4. The third-order valence-corrected chi connectivity index (χ3v) is 7.94. The second-order valence-corrected chi connectivity index (χ2v) is 8.56. The summed E-state index contributed by atoms with van der Waals surface area (Å²) in [5, 5.41) is 5.20. The van der Waals surface area contributed by atoms with Crippen molar-refractivity contribution in [3.63, 3.8) is 0 Å². The lowest BCUT2D eigenvalue weighted by Crippen LogP contribution is -2.45. The Morgan fingerprint density at radius 2 is 2.32 bits per heavy atom. The van der Waals surface area contributed by atoms with E-state index in [0.29, 0.717) is 21.8 Å². The van der Waals surface area contributed by atoms with E-state index in [-0.39, 0.29) is 6.04 Å². The number of sulfonamides is 1. The number of rotatable bonds is 5. The first-order valence-corrected chi connectivity index (χ1v) is 9.63. The molecule has 1 aliphatic rings. The zero-order valence-corrected chi connectivity index (χ0v) is 14.2. The fraction of sp³-hybridized carbons (Fsp3) is 0.667. The number of likely N-dealkylation sites (N-methyl/N-ethyl adjacent to an activating group) is 1. The van der Waals surface area contributed by atoms with E-state index in [0.717, 1.165) is 13.0 Å². The Kier molecular flexibility index (Phi) is 5.42. The van der Waals surface area contributed by atoms with Crippen molar-refractivity contribution in [2.45, 2.75) is 36.4 Å². The van der Waals surface area contributed by atoms with E-state index in [1.54, 1.807) is 15.8 Å². The zero-order valence-electron chi connectivity index (χ0n) is 10.9. The van der Waals surface area contributed by atoms with E-state index in [9.17, 15) is 8.42 Å². The SMILES string of the molecule is CCN(CC1CCCCN1)S(=O)(=O)c1sccc1Br. The van der Waals surface area contributed by atoms with Gasteiger partial charge in [-0.3, -0.25) is 0 Å². The highest BCUT2D eigenvalue weighted by atomic mass is 79.9. The quantitative estimate of drug-likeness (QED) is 0.871. The van der Waals surface area contributed by atoms with Gasteiger partial charge in [-0.2, -0.15) is 4.31 Å². The standard InChI is InChI=1S/C12H19BrN2O2S2/c1-2-15(9-10-5-3-4-7-14-10)19(16,17)12-11(13)6-8-18-12/h6,8,10,14H,2-5,7,9H2,1H3. The van der Waals surface area contributed by atoms with E-state index in [4.69, 9.17) is 0 Å². The summed E-state index contributed by atoms with van der Waals surface area (Å²) in [6, 6.07) is 2.06. The largest absolute Gasteiger partial charge is 0.313 e. The number of nitrogens with one attached hydrogen (secondary N) is 1. The first-order valence-electron chi connectivity index (χ1n) is 6.52. The monoisotopic (exact) mass is 366 g/mol. The minimum atomic E-state index is -3.37. The van der Waals surface area contributed by atoms with Crippen LogP contribution in [-0.4, -0.2) is 38.4 Å². The van der Waals surface area contributed by atoms with E-state index in [1.165, 1.54) is 24.2 Å². The van der Waals surface area contributed by atoms with Gasteiger partial charge >= 0.3 is 0 Å². The van der Waals surface area contributed by atoms with Crippen LogP contribution in [0.1, 0.15) is 26.2 Å². The van der Waals surface area contributed by atoms with Gasteiger partial charge < -0.3 is 5.32 Å². The number of thiophene rings is 1. The molecule has 4 nitrogen and oxygen atoms in total. The van der Waals surface area contributed by atoms with Gasteiger partial charge in [0.1, 0.15) is 4.21 Å². The lowest BCUT2D eigenvalue weighted by atomic mass is 10.1. The minimum absolute atomic E-state index is 0.280. The van der Waals surface area contributed by atoms with Crippen molar-refractivity contribution >= 4 is 37.3 Å². The van der Waals surface area contributed by atoms with Crippen molar-refractivity contribution in [3.8, 4) is 0 Å². The van der Waals surface area contributed by atoms with Crippen molar-refractivity contribution in [1.82, 2.24) is 9.62 Å². The number of piperidine rings is 1. The molecule has 2 rings (SSSR count). The molecular weight excluding hydrogens is 348 g/mol. The van der Waals surface area contributed by atoms with Gasteiger partial charge in [-0.25, -0.2) is 8.42 Å². The summed E-state index contributed by atoms with van der Waals surface area (Å²) in [4.78, 5) is 0. The summed E-state index contributed by atoms with van der Waals surface area (Å²) in [7, 11) is -3.37. The molecule has 0 radical (unpaired) electrons. The van der Waals surface area contributed by atoms with Crippen LogP contribution in [-0.2, 0) is 10.0 Å². The van der Waals surface area contributed by atoms with Crippen LogP contribution in [0, 0.1) is 0 Å². The van der Waals surface area contributed by atoms with Crippen LogP contribution in [0.3, 0.4) is 0 Å². The molecule has 1 aromatic rings. The molecule has 1 aromatic heterocycles. The molecule has 1 atom stereocenters. The van der Waals surface area contributed by atoms with Gasteiger partial charge in [-0.05, 0) is 46.8 Å². The van der Waals surface area contributed by atoms with Gasteiger partial charge in [-0.15, -0.1) is 11.3 Å². The molecule has 7 heteroatoms. The van der Waals surface area contributed by atoms with Crippen molar-refractivity contribution < 1.29 is 8.42 Å². The molecule has 0 bridgehead atoms. The molecule has 0 saturated carbocycles. The Balaban J connectivity index is 2.14. The average Bonchev–Trinajstić information content (AvgIpc) is 2.84. The maximum Gasteiger partial charge on any atom is 0.253 e. The molecule has 1 aliphatic heterocycles. The third-order valence-electron chi connectivity index (χ3n) is 3.35. The molecular formula is C12H19BrN2O2S2. The van der Waals surface area contributed by atoms with Gasteiger partial charge in [0.25, 0.3) is 10.0 Å². The fourth-order valence-electron chi connectivity index (χ4n) is 2.30. The molecule has 2 heterocycles. The first-order chi connectivity index (χ1) is 9.05. The second-order valence-electron chi connectivity index (χ2n) is 4.66. The van der Waals surface area contributed by atoms with Crippen LogP contribution in [0.15, 0.2) is 20.1 Å². The molecule has 0 spiro atoms. The van der Waals surface area contributed by atoms with Crippen molar-refractivity contribution in [3.05, 3.63) is 15.9 Å². The molecule has 0 aliphatic carbocycles. The highest BCUT2D eigenvalue weighted by molar-refractivity contribution is 9.10. The summed E-state index contributed by atoms with van der Waals surface area (Å²) in [6.07, 6.45) is 3.42. The van der Waals surface area contributed by atoms with Crippen LogP contribution in [0.5, 0.6) is 0 Å². The summed E-state index contributed by atoms with van der Waals surface area (Å²) >= 11 is 4.58. The minimum Gasteiger partial charge on any atom is -0.313 e. The Hall–Kier alpha value is 0.0500. The van der Waals surface area contributed by atoms with Crippen molar-refractivity contribution in [1.29, 1.82) is 0 Å². The molecule has 0 amide bonds. The predicted octanol–water partition coefficient (Wildman–Crippen LogP) is 2.66. The summed E-state index contributed by atoms with van der Waals surface area (Å²) in [5.41, 5.74) is 0. The Morgan fingerprint density at radius 3 is 2.84 bits per heavy atom. The number of nitrogens with zero attached hydrogens (tertiary/aromatic N) is 1. The number of halogens is 1. The lowest BCUT2D eigenvalue weighted by molar-refractivity contribution is 0.320. The van der Waals surface area contributed by atoms with Crippen LogP contribution in [0.25, 0.3) is 0 Å². The topological polar surface area (TPSA) is 49.4 Å². The van der Waals surface area contributed by atoms with Gasteiger partial charge in [0.15, 0.2) is 0 Å². The Morgan fingerprint density at radius 1 is 1.53 bits per heavy atom. The van der Waals surface area contributed by atoms with Crippen LogP contribution >= 0.6 is 27.3 Å². The molecule has 1 N–H and O–H groups in total. The van der Waals surface area contributed by atoms with E-state index >= 15 is 0 Å². The number of hydrogen-bond acceptors (Lipinski definition) is 4. The lowest BCUT2D eigenvalue weighted by Gasteiger charge is -2.29. The Labute approximate surface area is 127 Å². The molecule has 1 fully saturated rings. The van der Waals surface area contributed by atoms with Crippen molar-refractivity contribution in [2.24, 2.45) is 0 Å². The van der Waals surface area contributed by atoms with Crippen molar-refractivity contribution in [2.75, 3.05) is 19.6 Å². The average molecular weight is 367 g/mol. The van der Waals surface area contributed by atoms with Crippen LogP contribution in [0.4, 0.5) is 0 Å². The predicted molar refractivity (Wildman–Crippen MR) is 82.1 cm³/mol. The molecule has 0 aromatic carbocycles. The zero-order chi connectivity index (χ0) is 13.9. The smallest absolute Gasteiger partial charge is 0.253 e. The second kappa shape index (κ2) is 6.67. The van der Waals surface area contributed by atoms with Gasteiger partial charge in [-0.1, -0.05) is 13.3 Å². The molecule has 19 heavy (non-hydrogen) atoms. The fourth-order valence-corrected chi connectivity index (χ4v) is 6.25. The van der Waals surface area contributed by atoms with E-state index < -0.39 is 10.0 Å². The van der Waals surface area contributed by atoms with Gasteiger partial charge in [0.2, 0.25) is 0 Å². The number of hydrogen-bond donors (Lipinski definition) is 1. The highest BCUT2D eigenvalue weighted by Gasteiger charge is 2.29. The van der Waals surface area contributed by atoms with Crippen LogP contribution in [0.2, 0.25) is 0 Å². The van der Waals surface area contributed by atoms with Gasteiger partial charge in [0.05, 0.1) is 0 Å². The van der Waals surface area contributed by atoms with Crippen LogP contribution < -0.4 is 5.32 Å². The Bertz CT molecular complexity index is 510.